The number of imidazole rings is 1. The molecule has 23 heavy (non-hydrogen) atoms. The number of hydrogen-bond acceptors (Lipinski definition) is 3. The van der Waals surface area contributed by atoms with Crippen molar-refractivity contribution in [2.45, 2.75) is 25.9 Å². The second-order valence-corrected chi connectivity index (χ2v) is 5.04. The highest BCUT2D eigenvalue weighted by molar-refractivity contribution is 5.85. The van der Waals surface area contributed by atoms with Gasteiger partial charge in [-0.2, -0.15) is 0 Å². The highest BCUT2D eigenvalue weighted by Gasteiger charge is 2.01. The Morgan fingerprint density at radius 2 is 1.87 bits per heavy atom. The summed E-state index contributed by atoms with van der Waals surface area (Å²) in [6, 6.07) is 8.28. The molecule has 1 aromatic heterocycles. The quantitative estimate of drug-likeness (QED) is 0.712. The molecular weight excluding hydrogens is 335 g/mol. The Hall–Kier alpha value is -1.56. The van der Waals surface area contributed by atoms with Gasteiger partial charge in [0.2, 0.25) is 5.91 Å². The van der Waals surface area contributed by atoms with E-state index in [-0.39, 0.29) is 30.7 Å². The fourth-order valence-corrected chi connectivity index (χ4v) is 2.07. The molecule has 5 nitrogen and oxygen atoms in total. The van der Waals surface area contributed by atoms with Crippen molar-refractivity contribution in [1.82, 2.24) is 20.2 Å². The SMILES string of the molecule is CNCCCC(=O)NCc1ccc(Cn2ccnc2)cc1.Cl.Cl. The van der Waals surface area contributed by atoms with Gasteiger partial charge in [-0.15, -0.1) is 24.8 Å². The van der Waals surface area contributed by atoms with Crippen LogP contribution in [0.25, 0.3) is 0 Å². The Bertz CT molecular complexity index is 544. The molecule has 2 aromatic rings. The summed E-state index contributed by atoms with van der Waals surface area (Å²) in [5, 5.41) is 5.98. The Balaban J connectivity index is 0.00000242. The molecule has 128 valence electrons. The molecule has 2 rings (SSSR count). The van der Waals surface area contributed by atoms with Crippen LogP contribution in [0, 0.1) is 0 Å². The third-order valence-corrected chi connectivity index (χ3v) is 3.27. The summed E-state index contributed by atoms with van der Waals surface area (Å²) in [6.07, 6.45) is 6.96. The molecule has 0 bridgehead atoms. The van der Waals surface area contributed by atoms with E-state index in [4.69, 9.17) is 0 Å². The monoisotopic (exact) mass is 358 g/mol. The fourth-order valence-electron chi connectivity index (χ4n) is 2.07. The molecular formula is C16H24Cl2N4O. The first-order valence-corrected chi connectivity index (χ1v) is 7.23. The van der Waals surface area contributed by atoms with Gasteiger partial charge in [-0.05, 0) is 31.1 Å². The number of rotatable bonds is 8. The molecule has 0 saturated carbocycles. The largest absolute Gasteiger partial charge is 0.352 e. The standard InChI is InChI=1S/C16H22N4O.2ClH/c1-17-8-2-3-16(21)19-11-14-4-6-15(7-5-14)12-20-10-9-18-13-20;;/h4-7,9-10,13,17H,2-3,8,11-12H2,1H3,(H,19,21);2*1H. The van der Waals surface area contributed by atoms with Crippen molar-refractivity contribution in [3.05, 3.63) is 54.1 Å². The highest BCUT2D eigenvalue weighted by atomic mass is 35.5. The van der Waals surface area contributed by atoms with E-state index in [0.29, 0.717) is 13.0 Å². The average Bonchev–Trinajstić information content (AvgIpc) is 3.00. The van der Waals surface area contributed by atoms with Gasteiger partial charge in [-0.3, -0.25) is 4.79 Å². The van der Waals surface area contributed by atoms with Crippen LogP contribution in [0.4, 0.5) is 0 Å². The van der Waals surface area contributed by atoms with Gasteiger partial charge in [0.25, 0.3) is 0 Å². The van der Waals surface area contributed by atoms with Gasteiger partial charge in [0.05, 0.1) is 6.33 Å². The second-order valence-electron chi connectivity index (χ2n) is 5.04. The topological polar surface area (TPSA) is 59.0 Å². The van der Waals surface area contributed by atoms with Gasteiger partial charge >= 0.3 is 0 Å². The second kappa shape index (κ2) is 11.9. The van der Waals surface area contributed by atoms with Gasteiger partial charge in [-0.25, -0.2) is 4.98 Å². The number of nitrogens with zero attached hydrogens (tertiary/aromatic N) is 2. The summed E-state index contributed by atoms with van der Waals surface area (Å²) in [4.78, 5) is 15.6. The van der Waals surface area contributed by atoms with Gasteiger partial charge in [0, 0.05) is 31.9 Å². The first-order chi connectivity index (χ1) is 10.3. The fraction of sp³-hybridized carbons (Fsp3) is 0.375. The van der Waals surface area contributed by atoms with Gasteiger partial charge in [0.15, 0.2) is 0 Å². The molecule has 1 heterocycles. The van der Waals surface area contributed by atoms with Crippen LogP contribution in [0.1, 0.15) is 24.0 Å². The predicted molar refractivity (Wildman–Crippen MR) is 97.3 cm³/mol. The van der Waals surface area contributed by atoms with E-state index in [1.54, 1.807) is 12.5 Å². The van der Waals surface area contributed by atoms with Crippen LogP contribution < -0.4 is 10.6 Å². The molecule has 0 unspecified atom stereocenters. The zero-order valence-corrected chi connectivity index (χ0v) is 14.8. The molecule has 0 radical (unpaired) electrons. The lowest BCUT2D eigenvalue weighted by molar-refractivity contribution is -0.121. The molecule has 7 heteroatoms. The number of halogens is 2. The number of carbonyl (C=O) groups excluding carboxylic acids is 1. The van der Waals surface area contributed by atoms with Crippen LogP contribution in [0.2, 0.25) is 0 Å². The minimum absolute atomic E-state index is 0. The third-order valence-electron chi connectivity index (χ3n) is 3.27. The molecule has 0 fully saturated rings. The van der Waals surface area contributed by atoms with Crippen molar-refractivity contribution < 1.29 is 4.79 Å². The summed E-state index contributed by atoms with van der Waals surface area (Å²) < 4.78 is 2.03. The zero-order chi connectivity index (χ0) is 14.9. The van der Waals surface area contributed by atoms with Crippen molar-refractivity contribution in [2.75, 3.05) is 13.6 Å². The normalized spacial score (nSPS) is 9.61. The van der Waals surface area contributed by atoms with E-state index in [2.05, 4.69) is 39.9 Å². The summed E-state index contributed by atoms with van der Waals surface area (Å²) in [7, 11) is 1.89. The number of nitrogens with one attached hydrogen (secondary N) is 2. The Morgan fingerprint density at radius 1 is 1.17 bits per heavy atom. The highest BCUT2D eigenvalue weighted by Crippen LogP contribution is 2.06. The summed E-state index contributed by atoms with van der Waals surface area (Å²) in [5.74, 6) is 0.104. The average molecular weight is 359 g/mol. The maximum absolute atomic E-state index is 11.6. The number of hydrogen-bond donors (Lipinski definition) is 2. The maximum atomic E-state index is 11.6. The predicted octanol–water partition coefficient (Wildman–Crippen LogP) is 2.39. The van der Waals surface area contributed by atoms with Gasteiger partial charge < -0.3 is 15.2 Å². The van der Waals surface area contributed by atoms with Crippen molar-refractivity contribution in [3.63, 3.8) is 0 Å². The number of benzene rings is 1. The first-order valence-electron chi connectivity index (χ1n) is 7.23. The molecule has 1 aromatic carbocycles. The molecule has 0 spiro atoms. The first kappa shape index (κ1) is 21.4. The van der Waals surface area contributed by atoms with E-state index in [0.717, 1.165) is 25.1 Å². The van der Waals surface area contributed by atoms with Gasteiger partial charge in [0.1, 0.15) is 0 Å². The van der Waals surface area contributed by atoms with E-state index in [1.165, 1.54) is 5.56 Å². The lowest BCUT2D eigenvalue weighted by Gasteiger charge is -2.07. The summed E-state index contributed by atoms with van der Waals surface area (Å²) >= 11 is 0. The van der Waals surface area contributed by atoms with E-state index in [9.17, 15) is 4.79 Å². The van der Waals surface area contributed by atoms with E-state index >= 15 is 0 Å². The van der Waals surface area contributed by atoms with Crippen LogP contribution in [0.5, 0.6) is 0 Å². The Labute approximate surface area is 149 Å². The van der Waals surface area contributed by atoms with Crippen molar-refractivity contribution >= 4 is 30.7 Å². The molecule has 2 N–H and O–H groups in total. The summed E-state index contributed by atoms with van der Waals surface area (Å²) in [6.45, 7) is 2.27. The molecule has 0 aliphatic rings. The molecule has 0 aliphatic carbocycles. The van der Waals surface area contributed by atoms with Crippen LogP contribution in [-0.4, -0.2) is 29.1 Å². The van der Waals surface area contributed by atoms with E-state index in [1.807, 2.05) is 17.8 Å². The minimum atomic E-state index is 0. The lowest BCUT2D eigenvalue weighted by Crippen LogP contribution is -2.23. The number of amides is 1. The Kier molecular flexibility index (Phi) is 11.1. The minimum Gasteiger partial charge on any atom is -0.352 e. The van der Waals surface area contributed by atoms with Crippen molar-refractivity contribution in [2.24, 2.45) is 0 Å². The van der Waals surface area contributed by atoms with E-state index < -0.39 is 0 Å². The van der Waals surface area contributed by atoms with Crippen LogP contribution in [0.3, 0.4) is 0 Å². The maximum Gasteiger partial charge on any atom is 0.220 e. The van der Waals surface area contributed by atoms with Crippen molar-refractivity contribution in [1.29, 1.82) is 0 Å². The van der Waals surface area contributed by atoms with Gasteiger partial charge in [-0.1, -0.05) is 24.3 Å². The molecule has 0 atom stereocenters. The third kappa shape index (κ3) is 8.02. The van der Waals surface area contributed by atoms with Crippen LogP contribution in [-0.2, 0) is 17.9 Å². The number of aromatic nitrogens is 2. The van der Waals surface area contributed by atoms with Crippen LogP contribution >= 0.6 is 24.8 Å². The molecule has 0 aliphatic heterocycles. The van der Waals surface area contributed by atoms with Crippen molar-refractivity contribution in [3.8, 4) is 0 Å². The Morgan fingerprint density at radius 3 is 2.48 bits per heavy atom. The van der Waals surface area contributed by atoms with Crippen LogP contribution in [0.15, 0.2) is 43.0 Å². The number of carbonyl (C=O) groups is 1. The molecule has 0 saturated heterocycles. The smallest absolute Gasteiger partial charge is 0.220 e. The lowest BCUT2D eigenvalue weighted by atomic mass is 10.1. The zero-order valence-electron chi connectivity index (χ0n) is 13.2. The summed E-state index contributed by atoms with van der Waals surface area (Å²) in [5.41, 5.74) is 2.34. The molecule has 1 amide bonds.